The summed E-state index contributed by atoms with van der Waals surface area (Å²) in [5.74, 6) is 1.03. The maximum Gasteiger partial charge on any atom is 0.125 e. The first kappa shape index (κ1) is 14.0. The molecule has 0 aliphatic carbocycles. The predicted molar refractivity (Wildman–Crippen MR) is 70.8 cm³/mol. The molecule has 1 aromatic carbocycles. The van der Waals surface area contributed by atoms with Crippen molar-refractivity contribution in [1.29, 1.82) is 0 Å². The molecule has 0 saturated heterocycles. The van der Waals surface area contributed by atoms with Crippen molar-refractivity contribution < 1.29 is 9.47 Å². The molecule has 0 bridgehead atoms. The monoisotopic (exact) mass is 237 g/mol. The minimum absolute atomic E-state index is 0.756. The summed E-state index contributed by atoms with van der Waals surface area (Å²) in [5.41, 5.74) is 2.41. The lowest BCUT2D eigenvalue weighted by Gasteiger charge is -2.12. The lowest BCUT2D eigenvalue weighted by Crippen LogP contribution is -2.21. The van der Waals surface area contributed by atoms with E-state index in [0.717, 1.165) is 38.5 Å². The van der Waals surface area contributed by atoms with Gasteiger partial charge in [-0.3, -0.25) is 0 Å². The fourth-order valence-electron chi connectivity index (χ4n) is 1.70. The van der Waals surface area contributed by atoms with Crippen molar-refractivity contribution >= 4 is 0 Å². The maximum absolute atomic E-state index is 5.80. The molecule has 17 heavy (non-hydrogen) atoms. The van der Waals surface area contributed by atoms with Crippen LogP contribution in [0.2, 0.25) is 0 Å². The predicted octanol–water partition coefficient (Wildman–Crippen LogP) is 2.31. The normalized spacial score (nSPS) is 10.5. The Morgan fingerprint density at radius 2 is 1.76 bits per heavy atom. The molecule has 0 atom stereocenters. The molecule has 0 heterocycles. The highest BCUT2D eigenvalue weighted by molar-refractivity contribution is 5.39. The lowest BCUT2D eigenvalue weighted by atomic mass is 10.1. The Bertz CT molecular complexity index is 306. The molecular formula is C14H23NO2. The zero-order valence-corrected chi connectivity index (χ0v) is 11.1. The highest BCUT2D eigenvalue weighted by Gasteiger charge is 2.02. The largest absolute Gasteiger partial charge is 0.493 e. The second-order valence-electron chi connectivity index (χ2n) is 4.17. The molecule has 0 spiro atoms. The van der Waals surface area contributed by atoms with Gasteiger partial charge in [-0.25, -0.2) is 0 Å². The molecule has 0 unspecified atom stereocenters. The molecule has 1 rings (SSSR count). The van der Waals surface area contributed by atoms with Crippen LogP contribution in [0.15, 0.2) is 18.2 Å². The summed E-state index contributed by atoms with van der Waals surface area (Å²) in [5, 5.41) is 3.30. The quantitative estimate of drug-likeness (QED) is 0.704. The molecule has 0 saturated carbocycles. The van der Waals surface area contributed by atoms with Gasteiger partial charge in [0, 0.05) is 13.7 Å². The zero-order chi connectivity index (χ0) is 12.5. The van der Waals surface area contributed by atoms with Crippen molar-refractivity contribution in [1.82, 2.24) is 5.32 Å². The van der Waals surface area contributed by atoms with Crippen LogP contribution >= 0.6 is 0 Å². The number of nitrogens with one attached hydrogen (secondary N) is 1. The maximum atomic E-state index is 5.80. The molecular weight excluding hydrogens is 214 g/mol. The smallest absolute Gasteiger partial charge is 0.125 e. The number of rotatable bonds is 8. The van der Waals surface area contributed by atoms with Gasteiger partial charge in [0.1, 0.15) is 5.75 Å². The second kappa shape index (κ2) is 8.09. The van der Waals surface area contributed by atoms with Crippen molar-refractivity contribution in [3.8, 4) is 5.75 Å². The number of methoxy groups -OCH3 is 1. The van der Waals surface area contributed by atoms with Gasteiger partial charge in [0.05, 0.1) is 13.2 Å². The molecule has 1 aromatic rings. The molecule has 0 aromatic heterocycles. The van der Waals surface area contributed by atoms with Crippen LogP contribution in [0.4, 0.5) is 0 Å². The molecule has 0 aliphatic heterocycles. The minimum atomic E-state index is 0.756. The summed E-state index contributed by atoms with van der Waals surface area (Å²) in [6.45, 7) is 7.55. The van der Waals surface area contributed by atoms with E-state index in [9.17, 15) is 0 Å². The first-order chi connectivity index (χ1) is 8.25. The summed E-state index contributed by atoms with van der Waals surface area (Å²) in [7, 11) is 1.71. The first-order valence-corrected chi connectivity index (χ1v) is 6.14. The van der Waals surface area contributed by atoms with Crippen LogP contribution in [0.5, 0.6) is 5.75 Å². The summed E-state index contributed by atoms with van der Waals surface area (Å²) in [6.07, 6.45) is 1.01. The van der Waals surface area contributed by atoms with Gasteiger partial charge in [0.25, 0.3) is 0 Å². The molecule has 0 amide bonds. The average molecular weight is 237 g/mol. The van der Waals surface area contributed by atoms with Gasteiger partial charge in [-0.2, -0.15) is 0 Å². The number of para-hydroxylation sites is 1. The lowest BCUT2D eigenvalue weighted by molar-refractivity contribution is 0.198. The molecule has 1 N–H and O–H groups in total. The standard InChI is InChI=1S/C14H23NO2/c1-12-6-4-7-13(2)14(12)17-10-5-8-15-9-11-16-3/h4,6-7,15H,5,8-11H2,1-3H3. The van der Waals surface area contributed by atoms with E-state index in [1.807, 2.05) is 0 Å². The molecule has 0 radical (unpaired) electrons. The third-order valence-corrected chi connectivity index (χ3v) is 2.64. The summed E-state index contributed by atoms with van der Waals surface area (Å²) in [6, 6.07) is 6.22. The molecule has 96 valence electrons. The van der Waals surface area contributed by atoms with E-state index in [1.165, 1.54) is 11.1 Å². The van der Waals surface area contributed by atoms with Gasteiger partial charge < -0.3 is 14.8 Å². The summed E-state index contributed by atoms with van der Waals surface area (Å²) < 4.78 is 10.8. The second-order valence-corrected chi connectivity index (χ2v) is 4.17. The third kappa shape index (κ3) is 5.20. The number of hydrogen-bond acceptors (Lipinski definition) is 3. The summed E-state index contributed by atoms with van der Waals surface area (Å²) >= 11 is 0. The van der Waals surface area contributed by atoms with Crippen LogP contribution in [0.1, 0.15) is 17.5 Å². The van der Waals surface area contributed by atoms with E-state index in [-0.39, 0.29) is 0 Å². The Labute approximate surface area is 104 Å². The first-order valence-electron chi connectivity index (χ1n) is 6.14. The van der Waals surface area contributed by atoms with E-state index in [1.54, 1.807) is 7.11 Å². The number of ether oxygens (including phenoxy) is 2. The molecule has 0 fully saturated rings. The van der Waals surface area contributed by atoms with Crippen molar-refractivity contribution in [2.24, 2.45) is 0 Å². The van der Waals surface area contributed by atoms with Crippen LogP contribution < -0.4 is 10.1 Å². The molecule has 3 nitrogen and oxygen atoms in total. The topological polar surface area (TPSA) is 30.5 Å². The highest BCUT2D eigenvalue weighted by Crippen LogP contribution is 2.22. The van der Waals surface area contributed by atoms with Crippen molar-refractivity contribution in [2.75, 3.05) is 33.4 Å². The number of benzene rings is 1. The fraction of sp³-hybridized carbons (Fsp3) is 0.571. The van der Waals surface area contributed by atoms with Crippen molar-refractivity contribution in [3.05, 3.63) is 29.3 Å². The molecule has 0 aliphatic rings. The minimum Gasteiger partial charge on any atom is -0.493 e. The van der Waals surface area contributed by atoms with Gasteiger partial charge in [-0.05, 0) is 37.9 Å². The van der Waals surface area contributed by atoms with Gasteiger partial charge in [0.2, 0.25) is 0 Å². The van der Waals surface area contributed by atoms with Gasteiger partial charge in [-0.15, -0.1) is 0 Å². The van der Waals surface area contributed by atoms with Gasteiger partial charge in [0.15, 0.2) is 0 Å². The fourth-order valence-corrected chi connectivity index (χ4v) is 1.70. The third-order valence-electron chi connectivity index (χ3n) is 2.64. The Kier molecular flexibility index (Phi) is 6.67. The highest BCUT2D eigenvalue weighted by atomic mass is 16.5. The average Bonchev–Trinajstić information content (AvgIpc) is 2.31. The van der Waals surface area contributed by atoms with Crippen molar-refractivity contribution in [3.63, 3.8) is 0 Å². The van der Waals surface area contributed by atoms with E-state index in [4.69, 9.17) is 9.47 Å². The SMILES string of the molecule is COCCNCCCOc1c(C)cccc1C. The van der Waals surface area contributed by atoms with Crippen LogP contribution in [0.3, 0.4) is 0 Å². The van der Waals surface area contributed by atoms with Crippen LogP contribution in [-0.4, -0.2) is 33.4 Å². The van der Waals surface area contributed by atoms with Crippen LogP contribution in [-0.2, 0) is 4.74 Å². The Hall–Kier alpha value is -1.06. The van der Waals surface area contributed by atoms with Crippen LogP contribution in [0, 0.1) is 13.8 Å². The Balaban J connectivity index is 2.18. The van der Waals surface area contributed by atoms with Gasteiger partial charge in [-0.1, -0.05) is 18.2 Å². The number of hydrogen-bond donors (Lipinski definition) is 1. The Morgan fingerprint density at radius 3 is 2.41 bits per heavy atom. The summed E-state index contributed by atoms with van der Waals surface area (Å²) in [4.78, 5) is 0. The van der Waals surface area contributed by atoms with Gasteiger partial charge >= 0.3 is 0 Å². The van der Waals surface area contributed by atoms with E-state index >= 15 is 0 Å². The zero-order valence-electron chi connectivity index (χ0n) is 11.1. The van der Waals surface area contributed by atoms with E-state index < -0.39 is 0 Å². The molecule has 3 heteroatoms. The van der Waals surface area contributed by atoms with Crippen molar-refractivity contribution in [2.45, 2.75) is 20.3 Å². The van der Waals surface area contributed by atoms with E-state index in [0.29, 0.717) is 0 Å². The Morgan fingerprint density at radius 1 is 1.06 bits per heavy atom. The van der Waals surface area contributed by atoms with Crippen LogP contribution in [0.25, 0.3) is 0 Å². The van der Waals surface area contributed by atoms with E-state index in [2.05, 4.69) is 37.4 Å². The number of aryl methyl sites for hydroxylation is 2.